The number of halogens is 3. The Morgan fingerprint density at radius 2 is 2.29 bits per heavy atom. The predicted octanol–water partition coefficient (Wildman–Crippen LogP) is 3.05. The van der Waals surface area contributed by atoms with E-state index in [2.05, 4.69) is 4.98 Å². The summed E-state index contributed by atoms with van der Waals surface area (Å²) < 4.78 is 24.7. The van der Waals surface area contributed by atoms with Crippen LogP contribution in [0.15, 0.2) is 6.20 Å². The maximum absolute atomic E-state index is 12.4. The minimum absolute atomic E-state index is 0.00176. The highest BCUT2D eigenvalue weighted by atomic mass is 35.5. The summed E-state index contributed by atoms with van der Waals surface area (Å²) in [7, 11) is 0. The van der Waals surface area contributed by atoms with E-state index in [4.69, 9.17) is 16.9 Å². The Morgan fingerprint density at radius 3 is 2.79 bits per heavy atom. The lowest BCUT2D eigenvalue weighted by molar-refractivity contribution is 0.151. The number of aryl methyl sites for hydroxylation is 1. The third kappa shape index (κ3) is 1.99. The van der Waals surface area contributed by atoms with Crippen LogP contribution in [0.4, 0.5) is 8.78 Å². The van der Waals surface area contributed by atoms with E-state index in [0.717, 1.165) is 6.20 Å². The Hall–Kier alpha value is -1.21. The van der Waals surface area contributed by atoms with Crippen molar-refractivity contribution in [3.8, 4) is 6.07 Å². The fraction of sp³-hybridized carbons (Fsp3) is 0.333. The van der Waals surface area contributed by atoms with Crippen molar-refractivity contribution in [2.45, 2.75) is 19.8 Å². The van der Waals surface area contributed by atoms with Crippen molar-refractivity contribution in [3.05, 3.63) is 28.0 Å². The maximum Gasteiger partial charge on any atom is 0.266 e. The standard InChI is InChI=1S/C9H7ClF2N2/c1-5-6(2-3-13)8(10)7(4-14-5)9(11)12/h4,9H,2H2,1H3. The number of rotatable bonds is 2. The van der Waals surface area contributed by atoms with Crippen LogP contribution in [0.3, 0.4) is 0 Å². The van der Waals surface area contributed by atoms with Crippen LogP contribution < -0.4 is 0 Å². The number of hydrogen-bond donors (Lipinski definition) is 0. The third-order valence-electron chi connectivity index (χ3n) is 1.84. The van der Waals surface area contributed by atoms with Crippen LogP contribution in [-0.2, 0) is 6.42 Å². The average molecular weight is 217 g/mol. The Labute approximate surface area is 85.1 Å². The number of hydrogen-bond acceptors (Lipinski definition) is 2. The largest absolute Gasteiger partial charge is 0.266 e. The van der Waals surface area contributed by atoms with E-state index >= 15 is 0 Å². The molecule has 0 aromatic carbocycles. The van der Waals surface area contributed by atoms with Crippen LogP contribution in [-0.4, -0.2) is 4.98 Å². The molecule has 0 amide bonds. The van der Waals surface area contributed by atoms with E-state index in [0.29, 0.717) is 11.3 Å². The molecule has 0 spiro atoms. The molecule has 1 aromatic rings. The second-order valence-electron chi connectivity index (χ2n) is 2.73. The first kappa shape index (κ1) is 10.9. The molecule has 1 rings (SSSR count). The molecule has 0 fully saturated rings. The van der Waals surface area contributed by atoms with Crippen LogP contribution in [0.25, 0.3) is 0 Å². The van der Waals surface area contributed by atoms with Crippen molar-refractivity contribution in [2.75, 3.05) is 0 Å². The number of alkyl halides is 2. The monoisotopic (exact) mass is 216 g/mol. The minimum Gasteiger partial charge on any atom is -0.261 e. The average Bonchev–Trinajstić information content (AvgIpc) is 2.11. The Bertz CT molecular complexity index is 385. The van der Waals surface area contributed by atoms with Gasteiger partial charge in [0.1, 0.15) is 0 Å². The number of aromatic nitrogens is 1. The normalized spacial score (nSPS) is 10.3. The van der Waals surface area contributed by atoms with Gasteiger partial charge in [-0.3, -0.25) is 4.98 Å². The highest BCUT2D eigenvalue weighted by molar-refractivity contribution is 6.32. The summed E-state index contributed by atoms with van der Waals surface area (Å²) in [5.74, 6) is 0. The van der Waals surface area contributed by atoms with Crippen molar-refractivity contribution in [1.29, 1.82) is 5.26 Å². The van der Waals surface area contributed by atoms with Crippen molar-refractivity contribution in [2.24, 2.45) is 0 Å². The van der Waals surface area contributed by atoms with Crippen LogP contribution in [0, 0.1) is 18.3 Å². The zero-order chi connectivity index (χ0) is 10.7. The lowest BCUT2D eigenvalue weighted by atomic mass is 10.1. The zero-order valence-electron chi connectivity index (χ0n) is 7.39. The minimum atomic E-state index is -2.66. The molecule has 0 atom stereocenters. The zero-order valence-corrected chi connectivity index (χ0v) is 8.15. The molecule has 1 aromatic heterocycles. The maximum atomic E-state index is 12.4. The van der Waals surface area contributed by atoms with Gasteiger partial charge < -0.3 is 0 Å². The van der Waals surface area contributed by atoms with Gasteiger partial charge in [-0.2, -0.15) is 5.26 Å². The van der Waals surface area contributed by atoms with Crippen LogP contribution in [0.5, 0.6) is 0 Å². The summed E-state index contributed by atoms with van der Waals surface area (Å²) in [5, 5.41) is 8.43. The summed E-state index contributed by atoms with van der Waals surface area (Å²) in [6.45, 7) is 1.63. The van der Waals surface area contributed by atoms with Crippen molar-refractivity contribution < 1.29 is 8.78 Å². The van der Waals surface area contributed by atoms with Gasteiger partial charge in [0.2, 0.25) is 0 Å². The van der Waals surface area contributed by atoms with Crippen molar-refractivity contribution in [1.82, 2.24) is 4.98 Å². The summed E-state index contributed by atoms with van der Waals surface area (Å²) in [6, 6.07) is 1.86. The molecule has 0 N–H and O–H groups in total. The Kier molecular flexibility index (Phi) is 3.37. The molecule has 0 aliphatic heterocycles. The Morgan fingerprint density at radius 1 is 1.64 bits per heavy atom. The van der Waals surface area contributed by atoms with Gasteiger partial charge in [-0.25, -0.2) is 8.78 Å². The van der Waals surface area contributed by atoms with Gasteiger partial charge in [-0.1, -0.05) is 11.6 Å². The van der Waals surface area contributed by atoms with E-state index in [-0.39, 0.29) is 17.0 Å². The van der Waals surface area contributed by atoms with Crippen LogP contribution in [0.2, 0.25) is 5.02 Å². The van der Waals surface area contributed by atoms with E-state index < -0.39 is 6.43 Å². The van der Waals surface area contributed by atoms with E-state index in [1.54, 1.807) is 6.92 Å². The molecule has 0 saturated carbocycles. The summed E-state index contributed by atoms with van der Waals surface area (Å²) >= 11 is 5.72. The highest BCUT2D eigenvalue weighted by Gasteiger charge is 2.17. The van der Waals surface area contributed by atoms with Crippen LogP contribution >= 0.6 is 11.6 Å². The fourth-order valence-electron chi connectivity index (χ4n) is 1.07. The molecule has 0 bridgehead atoms. The molecule has 74 valence electrons. The molecule has 2 nitrogen and oxygen atoms in total. The van der Waals surface area contributed by atoms with E-state index in [1.165, 1.54) is 0 Å². The third-order valence-corrected chi connectivity index (χ3v) is 2.29. The number of pyridine rings is 1. The molecule has 0 radical (unpaired) electrons. The van der Waals surface area contributed by atoms with E-state index in [9.17, 15) is 8.78 Å². The molecular formula is C9H7ClF2N2. The number of nitrogens with zero attached hydrogens (tertiary/aromatic N) is 2. The first-order chi connectivity index (χ1) is 6.57. The summed E-state index contributed by atoms with van der Waals surface area (Å²) in [4.78, 5) is 3.76. The second-order valence-corrected chi connectivity index (χ2v) is 3.11. The van der Waals surface area contributed by atoms with Gasteiger partial charge in [0.15, 0.2) is 0 Å². The fourth-order valence-corrected chi connectivity index (χ4v) is 1.41. The molecular weight excluding hydrogens is 210 g/mol. The molecule has 0 unspecified atom stereocenters. The van der Waals surface area contributed by atoms with E-state index in [1.807, 2.05) is 6.07 Å². The molecule has 0 aliphatic rings. The van der Waals surface area contributed by atoms with Gasteiger partial charge in [0.05, 0.1) is 23.1 Å². The van der Waals surface area contributed by atoms with Gasteiger partial charge >= 0.3 is 0 Å². The highest BCUT2D eigenvalue weighted by Crippen LogP contribution is 2.30. The molecule has 0 saturated heterocycles. The first-order valence-corrected chi connectivity index (χ1v) is 4.24. The topological polar surface area (TPSA) is 36.7 Å². The lowest BCUT2D eigenvalue weighted by Crippen LogP contribution is -1.98. The van der Waals surface area contributed by atoms with Crippen molar-refractivity contribution in [3.63, 3.8) is 0 Å². The first-order valence-electron chi connectivity index (χ1n) is 3.87. The summed E-state index contributed by atoms with van der Waals surface area (Å²) in [5.41, 5.74) is 0.579. The molecule has 0 aliphatic carbocycles. The molecule has 5 heteroatoms. The summed E-state index contributed by atoms with van der Waals surface area (Å²) in [6.07, 6.45) is -1.62. The van der Waals surface area contributed by atoms with Crippen LogP contribution in [0.1, 0.15) is 23.2 Å². The van der Waals surface area contributed by atoms with Gasteiger partial charge in [0, 0.05) is 17.5 Å². The second kappa shape index (κ2) is 4.34. The predicted molar refractivity (Wildman–Crippen MR) is 48.3 cm³/mol. The lowest BCUT2D eigenvalue weighted by Gasteiger charge is -2.08. The molecule has 14 heavy (non-hydrogen) atoms. The van der Waals surface area contributed by atoms with Crippen molar-refractivity contribution >= 4 is 11.6 Å². The SMILES string of the molecule is Cc1ncc(C(F)F)c(Cl)c1CC#N. The van der Waals surface area contributed by atoms with Gasteiger partial charge in [0.25, 0.3) is 6.43 Å². The number of nitriles is 1. The quantitative estimate of drug-likeness (QED) is 0.762. The van der Waals surface area contributed by atoms with Gasteiger partial charge in [-0.05, 0) is 6.92 Å². The Balaban J connectivity index is 3.27. The van der Waals surface area contributed by atoms with Gasteiger partial charge in [-0.15, -0.1) is 0 Å². The smallest absolute Gasteiger partial charge is 0.261 e. The molecule has 1 heterocycles.